The largest absolute Gasteiger partial charge is 0.494 e. The van der Waals surface area contributed by atoms with E-state index in [1.165, 1.54) is 6.34 Å². The summed E-state index contributed by atoms with van der Waals surface area (Å²) in [5.74, 6) is 4.83. The molecule has 0 aromatic heterocycles. The van der Waals surface area contributed by atoms with Crippen LogP contribution >= 0.6 is 0 Å². The van der Waals surface area contributed by atoms with Gasteiger partial charge >= 0.3 is 5.97 Å². The Balaban J connectivity index is 2.15. The lowest BCUT2D eigenvalue weighted by molar-refractivity contribution is -0.143. The summed E-state index contributed by atoms with van der Waals surface area (Å²) in [5, 5.41) is 5.37. The molecule has 0 spiro atoms. The Morgan fingerprint density at radius 2 is 1.69 bits per heavy atom. The van der Waals surface area contributed by atoms with Crippen LogP contribution in [0.4, 0.5) is 5.69 Å². The van der Waals surface area contributed by atoms with Gasteiger partial charge in [-0.1, -0.05) is 6.07 Å². The Morgan fingerprint density at radius 3 is 2.31 bits per heavy atom. The van der Waals surface area contributed by atoms with E-state index in [1.807, 2.05) is 13.8 Å². The van der Waals surface area contributed by atoms with Gasteiger partial charge < -0.3 is 30.3 Å². The number of rotatable bonds is 14. The van der Waals surface area contributed by atoms with Gasteiger partial charge in [-0.15, -0.1) is 0 Å². The lowest BCUT2D eigenvalue weighted by atomic mass is 10.0. The van der Waals surface area contributed by atoms with Crippen LogP contribution < -0.4 is 31.4 Å². The smallest absolute Gasteiger partial charge is 0.308 e. The molecule has 1 unspecified atom stereocenters. The molecule has 11 nitrogen and oxygen atoms in total. The highest BCUT2D eigenvalue weighted by Crippen LogP contribution is 2.29. The van der Waals surface area contributed by atoms with Crippen molar-refractivity contribution in [1.82, 2.24) is 16.1 Å². The summed E-state index contributed by atoms with van der Waals surface area (Å²) in [6.07, 6.45) is 1.18. The van der Waals surface area contributed by atoms with E-state index in [9.17, 15) is 14.4 Å². The van der Waals surface area contributed by atoms with Crippen molar-refractivity contribution in [3.8, 4) is 11.5 Å². The second-order valence-corrected chi connectivity index (χ2v) is 7.39. The number of hydrazine groups is 1. The first kappa shape index (κ1) is 28.1. The van der Waals surface area contributed by atoms with Crippen molar-refractivity contribution in [2.45, 2.75) is 33.2 Å². The highest BCUT2D eigenvalue weighted by Gasteiger charge is 2.21. The van der Waals surface area contributed by atoms with Crippen LogP contribution in [0.3, 0.4) is 0 Å². The Morgan fingerprint density at radius 1 is 1.00 bits per heavy atom. The molecule has 0 aliphatic rings. The van der Waals surface area contributed by atoms with Crippen molar-refractivity contribution in [3.05, 3.63) is 53.6 Å². The number of nitrogens with one attached hydrogen (secondary N) is 3. The quantitative estimate of drug-likeness (QED) is 0.101. The highest BCUT2D eigenvalue weighted by molar-refractivity contribution is 5.97. The molecular formula is C25H33N5O6. The first-order valence-electron chi connectivity index (χ1n) is 11.6. The van der Waals surface area contributed by atoms with Crippen LogP contribution in [0.25, 0.3) is 0 Å². The minimum atomic E-state index is -0.727. The van der Waals surface area contributed by atoms with Crippen LogP contribution in [-0.2, 0) is 14.3 Å². The average Bonchev–Trinajstić information content (AvgIpc) is 2.86. The van der Waals surface area contributed by atoms with Gasteiger partial charge in [0.05, 0.1) is 44.5 Å². The van der Waals surface area contributed by atoms with E-state index in [-0.39, 0.29) is 19.6 Å². The molecule has 0 aliphatic heterocycles. The third-order valence-electron chi connectivity index (χ3n) is 4.74. The van der Waals surface area contributed by atoms with Crippen LogP contribution in [0.15, 0.2) is 47.5 Å². The molecule has 1 atom stereocenters. The summed E-state index contributed by atoms with van der Waals surface area (Å²) in [7, 11) is 0. The van der Waals surface area contributed by atoms with Gasteiger partial charge in [-0.3, -0.25) is 14.4 Å². The number of nitrogens with two attached hydrogens (primary N) is 1. The van der Waals surface area contributed by atoms with Gasteiger partial charge in [-0.2, -0.15) is 0 Å². The Kier molecular flexibility index (Phi) is 11.7. The number of carbonyl (C=O) groups excluding carboxylic acids is 3. The number of benzene rings is 2. The molecule has 0 heterocycles. The van der Waals surface area contributed by atoms with Gasteiger partial charge in [-0.25, -0.2) is 10.8 Å². The normalized spacial score (nSPS) is 11.4. The second-order valence-electron chi connectivity index (χ2n) is 7.39. The summed E-state index contributed by atoms with van der Waals surface area (Å²) in [6, 6.07) is 11.0. The molecule has 194 valence electrons. The standard InChI is InChI=1S/C25H33N5O6/c1-4-34-20-11-18(12-21(13-20)35-5-2)22(14-24(32)36-6-3)30-23(31)15-27-25(33)17-8-7-9-19(10-17)28-16-29-26/h7-13,16,22H,4-6,14-15,26H2,1-3H3,(H,27,33)(H,28,29)(H,30,31). The molecule has 5 N–H and O–H groups in total. The minimum absolute atomic E-state index is 0.107. The maximum absolute atomic E-state index is 12.7. The summed E-state index contributed by atoms with van der Waals surface area (Å²) in [4.78, 5) is 41.6. The molecule has 0 fully saturated rings. The first-order valence-corrected chi connectivity index (χ1v) is 11.6. The third-order valence-corrected chi connectivity index (χ3v) is 4.74. The molecule has 0 aliphatic carbocycles. The molecular weight excluding hydrogens is 466 g/mol. The van der Waals surface area contributed by atoms with E-state index in [0.29, 0.717) is 41.5 Å². The van der Waals surface area contributed by atoms with E-state index in [4.69, 9.17) is 20.1 Å². The number of hydrogen-bond donors (Lipinski definition) is 4. The van der Waals surface area contributed by atoms with E-state index in [2.05, 4.69) is 21.1 Å². The lowest BCUT2D eigenvalue weighted by Crippen LogP contribution is -2.39. The van der Waals surface area contributed by atoms with Gasteiger partial charge in [0.2, 0.25) is 5.91 Å². The van der Waals surface area contributed by atoms with Gasteiger partial charge in [0.1, 0.15) is 17.8 Å². The fourth-order valence-corrected chi connectivity index (χ4v) is 3.28. The Bertz CT molecular complexity index is 1030. The number of nitrogens with zero attached hydrogens (tertiary/aromatic N) is 1. The van der Waals surface area contributed by atoms with Crippen LogP contribution in [0.5, 0.6) is 11.5 Å². The molecule has 0 saturated carbocycles. The van der Waals surface area contributed by atoms with E-state index < -0.39 is 23.8 Å². The molecule has 11 heteroatoms. The molecule has 0 bridgehead atoms. The summed E-state index contributed by atoms with van der Waals surface area (Å²) in [5.41, 5.74) is 3.73. The van der Waals surface area contributed by atoms with Gasteiger partial charge in [0, 0.05) is 11.6 Å². The summed E-state index contributed by atoms with van der Waals surface area (Å²) in [6.45, 7) is 6.19. The van der Waals surface area contributed by atoms with Crippen LogP contribution in [0, 0.1) is 0 Å². The van der Waals surface area contributed by atoms with Crippen LogP contribution in [0.1, 0.15) is 49.2 Å². The maximum Gasteiger partial charge on any atom is 0.308 e. The zero-order valence-electron chi connectivity index (χ0n) is 20.7. The number of hydrogen-bond acceptors (Lipinski definition) is 8. The van der Waals surface area contributed by atoms with Crippen molar-refractivity contribution < 1.29 is 28.6 Å². The zero-order valence-corrected chi connectivity index (χ0v) is 20.7. The van der Waals surface area contributed by atoms with Crippen molar-refractivity contribution >= 4 is 29.8 Å². The number of carbonyl (C=O) groups is 3. The molecule has 2 aromatic rings. The van der Waals surface area contributed by atoms with Crippen LogP contribution in [0.2, 0.25) is 0 Å². The zero-order chi connectivity index (χ0) is 26.3. The minimum Gasteiger partial charge on any atom is -0.494 e. The van der Waals surface area contributed by atoms with E-state index >= 15 is 0 Å². The second kappa shape index (κ2) is 15.0. The van der Waals surface area contributed by atoms with Crippen molar-refractivity contribution in [3.63, 3.8) is 0 Å². The monoisotopic (exact) mass is 499 g/mol. The predicted molar refractivity (Wildman–Crippen MR) is 135 cm³/mol. The number of amides is 2. The number of ether oxygens (including phenoxy) is 3. The molecule has 2 aromatic carbocycles. The Labute approximate surface area is 210 Å². The topological polar surface area (TPSA) is 153 Å². The molecule has 2 amide bonds. The van der Waals surface area contributed by atoms with Gasteiger partial charge in [0.25, 0.3) is 5.91 Å². The fourth-order valence-electron chi connectivity index (χ4n) is 3.28. The van der Waals surface area contributed by atoms with Gasteiger partial charge in [-0.05, 0) is 56.7 Å². The number of esters is 1. The summed E-state index contributed by atoms with van der Waals surface area (Å²) < 4.78 is 16.3. The van der Waals surface area contributed by atoms with Crippen molar-refractivity contribution in [1.29, 1.82) is 0 Å². The SMILES string of the molecule is CCOC(=O)CC(NC(=O)CNC(=O)c1cccc(N=CNN)c1)c1cc(OCC)cc(OCC)c1. The first-order chi connectivity index (χ1) is 17.4. The fraction of sp³-hybridized carbons (Fsp3) is 0.360. The molecule has 2 rings (SSSR count). The van der Waals surface area contributed by atoms with E-state index in [0.717, 1.165) is 0 Å². The molecule has 0 saturated heterocycles. The highest BCUT2D eigenvalue weighted by atomic mass is 16.5. The Hall–Kier alpha value is -4.12. The summed E-state index contributed by atoms with van der Waals surface area (Å²) >= 11 is 0. The maximum atomic E-state index is 12.7. The lowest BCUT2D eigenvalue weighted by Gasteiger charge is -2.20. The van der Waals surface area contributed by atoms with E-state index in [1.54, 1.807) is 49.4 Å². The molecule has 36 heavy (non-hydrogen) atoms. The van der Waals surface area contributed by atoms with Crippen molar-refractivity contribution in [2.75, 3.05) is 26.4 Å². The third kappa shape index (κ3) is 9.26. The van der Waals surface area contributed by atoms with Crippen LogP contribution in [-0.4, -0.2) is 50.5 Å². The molecule has 0 radical (unpaired) electrons. The predicted octanol–water partition coefficient (Wildman–Crippen LogP) is 2.15. The average molecular weight is 500 g/mol. The van der Waals surface area contributed by atoms with Gasteiger partial charge in [0.15, 0.2) is 0 Å². The number of aliphatic imine (C=N–C) groups is 1. The van der Waals surface area contributed by atoms with Crippen molar-refractivity contribution in [2.24, 2.45) is 10.8 Å².